The number of Topliss-reactive ketones (excluding diaryl/α,β-unsaturated/α-hetero) is 1. The van der Waals surface area contributed by atoms with Gasteiger partial charge >= 0.3 is 0 Å². The highest BCUT2D eigenvalue weighted by molar-refractivity contribution is 6.05. The Morgan fingerprint density at radius 2 is 1.55 bits per heavy atom. The van der Waals surface area contributed by atoms with Crippen LogP contribution in [0.5, 0.6) is 5.75 Å². The summed E-state index contributed by atoms with van der Waals surface area (Å²) < 4.78 is 5.97. The molecule has 3 aromatic carbocycles. The number of nitrogens with one attached hydrogen (secondary N) is 1. The van der Waals surface area contributed by atoms with Crippen LogP contribution in [0.3, 0.4) is 0 Å². The van der Waals surface area contributed by atoms with Crippen molar-refractivity contribution in [2.75, 3.05) is 5.32 Å². The van der Waals surface area contributed by atoms with E-state index in [2.05, 4.69) is 5.32 Å². The van der Waals surface area contributed by atoms with Crippen molar-refractivity contribution in [3.05, 3.63) is 95.6 Å². The summed E-state index contributed by atoms with van der Waals surface area (Å²) in [5.74, 6) is 0.422. The first-order valence-electron chi connectivity index (χ1n) is 9.81. The molecule has 1 atom stereocenters. The van der Waals surface area contributed by atoms with Crippen LogP contribution in [-0.2, 0) is 0 Å². The molecule has 148 valence electrons. The number of carbonyl (C=O) groups is 2. The van der Waals surface area contributed by atoms with Crippen molar-refractivity contribution in [1.82, 2.24) is 0 Å². The molecule has 0 radical (unpaired) electrons. The van der Waals surface area contributed by atoms with Gasteiger partial charge in [0.05, 0.1) is 0 Å². The Labute approximate surface area is 171 Å². The number of ketones is 1. The van der Waals surface area contributed by atoms with E-state index in [9.17, 15) is 9.59 Å². The number of amides is 1. The zero-order valence-electron chi connectivity index (χ0n) is 16.7. The molecule has 29 heavy (non-hydrogen) atoms. The maximum atomic E-state index is 12.8. The third-order valence-electron chi connectivity index (χ3n) is 4.68. The lowest BCUT2D eigenvalue weighted by molar-refractivity contribution is 0.0777. The summed E-state index contributed by atoms with van der Waals surface area (Å²) >= 11 is 0. The number of carbonyl (C=O) groups excluding carboxylic acids is 2. The first kappa shape index (κ1) is 20.3. The van der Waals surface area contributed by atoms with Crippen LogP contribution in [0.1, 0.15) is 46.0 Å². The van der Waals surface area contributed by atoms with E-state index in [-0.39, 0.29) is 11.7 Å². The zero-order valence-corrected chi connectivity index (χ0v) is 16.7. The fourth-order valence-electron chi connectivity index (χ4n) is 3.10. The van der Waals surface area contributed by atoms with Gasteiger partial charge < -0.3 is 10.1 Å². The minimum absolute atomic E-state index is 0.0237. The topological polar surface area (TPSA) is 55.4 Å². The Bertz CT molecular complexity index is 965. The lowest BCUT2D eigenvalue weighted by Crippen LogP contribution is -2.27. The fraction of sp³-hybridized carbons (Fsp3) is 0.200. The summed E-state index contributed by atoms with van der Waals surface area (Å²) in [6.07, 6.45) is 0.947. The number of hydrogen-bond acceptors (Lipinski definition) is 3. The molecule has 0 saturated carbocycles. The second-order valence-electron chi connectivity index (χ2n) is 6.92. The van der Waals surface area contributed by atoms with E-state index in [1.807, 2.05) is 50.2 Å². The van der Waals surface area contributed by atoms with Crippen LogP contribution < -0.4 is 10.1 Å². The van der Waals surface area contributed by atoms with Gasteiger partial charge in [-0.05, 0) is 49.2 Å². The number of anilines is 1. The highest BCUT2D eigenvalue weighted by atomic mass is 16.5. The van der Waals surface area contributed by atoms with Crippen LogP contribution >= 0.6 is 0 Å². The van der Waals surface area contributed by atoms with Gasteiger partial charge in [-0.25, -0.2) is 0 Å². The van der Waals surface area contributed by atoms with Gasteiger partial charge in [-0.1, -0.05) is 61.9 Å². The van der Waals surface area contributed by atoms with E-state index < -0.39 is 6.10 Å². The summed E-state index contributed by atoms with van der Waals surface area (Å²) in [6, 6.07) is 23.7. The Morgan fingerprint density at radius 1 is 0.897 bits per heavy atom. The molecule has 0 aliphatic heterocycles. The van der Waals surface area contributed by atoms with E-state index in [0.29, 0.717) is 29.0 Å². The van der Waals surface area contributed by atoms with E-state index in [0.717, 1.165) is 12.0 Å². The SMILES string of the molecule is CCCC(Oc1ccc(NC(=O)c2ccccc2C)cc1)C(=O)c1ccccc1. The number of aryl methyl sites for hydroxylation is 1. The molecule has 0 heterocycles. The molecule has 4 nitrogen and oxygen atoms in total. The largest absolute Gasteiger partial charge is 0.482 e. The molecule has 0 bridgehead atoms. The van der Waals surface area contributed by atoms with E-state index in [4.69, 9.17) is 4.74 Å². The Balaban J connectivity index is 1.68. The fourth-order valence-corrected chi connectivity index (χ4v) is 3.10. The molecule has 0 aromatic heterocycles. The van der Waals surface area contributed by atoms with Crippen LogP contribution in [0.15, 0.2) is 78.9 Å². The second-order valence-corrected chi connectivity index (χ2v) is 6.92. The predicted molar refractivity (Wildman–Crippen MR) is 116 cm³/mol. The summed E-state index contributed by atoms with van der Waals surface area (Å²) in [5, 5.41) is 2.89. The summed E-state index contributed by atoms with van der Waals surface area (Å²) in [4.78, 5) is 25.2. The average molecular weight is 387 g/mol. The quantitative estimate of drug-likeness (QED) is 0.506. The Kier molecular flexibility index (Phi) is 6.80. The predicted octanol–water partition coefficient (Wildman–Crippen LogP) is 5.68. The van der Waals surface area contributed by atoms with Crippen molar-refractivity contribution in [1.29, 1.82) is 0 Å². The van der Waals surface area contributed by atoms with Crippen molar-refractivity contribution in [3.63, 3.8) is 0 Å². The Morgan fingerprint density at radius 3 is 2.21 bits per heavy atom. The van der Waals surface area contributed by atoms with Crippen molar-refractivity contribution in [2.24, 2.45) is 0 Å². The highest BCUT2D eigenvalue weighted by Gasteiger charge is 2.21. The van der Waals surface area contributed by atoms with E-state index in [1.54, 1.807) is 42.5 Å². The number of hydrogen-bond donors (Lipinski definition) is 1. The standard InChI is InChI=1S/C25H25NO3/c1-3-9-23(24(27)19-11-5-4-6-12-19)29-21-16-14-20(15-17-21)26-25(28)22-13-8-7-10-18(22)2/h4-8,10-17,23H,3,9H2,1-2H3,(H,26,28). The normalized spacial score (nSPS) is 11.5. The molecule has 0 spiro atoms. The maximum absolute atomic E-state index is 12.8. The van der Waals surface area contributed by atoms with Gasteiger partial charge in [0.25, 0.3) is 5.91 Å². The molecule has 0 fully saturated rings. The minimum atomic E-state index is -0.533. The van der Waals surface area contributed by atoms with Gasteiger partial charge in [0, 0.05) is 16.8 Å². The molecule has 3 rings (SSSR count). The van der Waals surface area contributed by atoms with Gasteiger partial charge in [-0.2, -0.15) is 0 Å². The molecule has 1 unspecified atom stereocenters. The van der Waals surface area contributed by atoms with Gasteiger partial charge in [0.1, 0.15) is 5.75 Å². The molecule has 1 amide bonds. The second kappa shape index (κ2) is 9.69. The molecule has 0 saturated heterocycles. The van der Waals surface area contributed by atoms with Crippen molar-refractivity contribution in [3.8, 4) is 5.75 Å². The van der Waals surface area contributed by atoms with Crippen LogP contribution in [0.25, 0.3) is 0 Å². The molecule has 3 aromatic rings. The maximum Gasteiger partial charge on any atom is 0.255 e. The molecule has 0 aliphatic rings. The third kappa shape index (κ3) is 5.32. The molecule has 0 aliphatic carbocycles. The summed E-state index contributed by atoms with van der Waals surface area (Å²) in [5.41, 5.74) is 2.89. The van der Waals surface area contributed by atoms with Crippen molar-refractivity contribution >= 4 is 17.4 Å². The third-order valence-corrected chi connectivity index (χ3v) is 4.68. The zero-order chi connectivity index (χ0) is 20.6. The lowest BCUT2D eigenvalue weighted by atomic mass is 10.0. The van der Waals surface area contributed by atoms with Crippen molar-refractivity contribution < 1.29 is 14.3 Å². The lowest BCUT2D eigenvalue weighted by Gasteiger charge is -2.18. The monoisotopic (exact) mass is 387 g/mol. The molecular weight excluding hydrogens is 362 g/mol. The first-order chi connectivity index (χ1) is 14.1. The minimum Gasteiger partial charge on any atom is -0.482 e. The number of ether oxygens (including phenoxy) is 1. The van der Waals surface area contributed by atoms with Gasteiger partial charge in [-0.3, -0.25) is 9.59 Å². The summed E-state index contributed by atoms with van der Waals surface area (Å²) in [6.45, 7) is 3.93. The smallest absolute Gasteiger partial charge is 0.255 e. The molecular formula is C25H25NO3. The average Bonchev–Trinajstić information content (AvgIpc) is 2.75. The Hall–Kier alpha value is -3.40. The first-order valence-corrected chi connectivity index (χ1v) is 9.81. The molecule has 4 heteroatoms. The summed E-state index contributed by atoms with van der Waals surface area (Å²) in [7, 11) is 0. The van der Waals surface area contributed by atoms with Gasteiger partial charge in [0.15, 0.2) is 6.10 Å². The van der Waals surface area contributed by atoms with Crippen LogP contribution in [-0.4, -0.2) is 17.8 Å². The van der Waals surface area contributed by atoms with Crippen LogP contribution in [0, 0.1) is 6.92 Å². The number of rotatable bonds is 8. The highest BCUT2D eigenvalue weighted by Crippen LogP contribution is 2.21. The van der Waals surface area contributed by atoms with E-state index in [1.165, 1.54) is 0 Å². The molecule has 1 N–H and O–H groups in total. The van der Waals surface area contributed by atoms with Crippen LogP contribution in [0.4, 0.5) is 5.69 Å². The van der Waals surface area contributed by atoms with Gasteiger partial charge in [0.2, 0.25) is 5.78 Å². The van der Waals surface area contributed by atoms with E-state index >= 15 is 0 Å². The van der Waals surface area contributed by atoms with Gasteiger partial charge in [-0.15, -0.1) is 0 Å². The van der Waals surface area contributed by atoms with Crippen LogP contribution in [0.2, 0.25) is 0 Å². The van der Waals surface area contributed by atoms with Crippen molar-refractivity contribution in [2.45, 2.75) is 32.8 Å². The number of benzene rings is 3.